The van der Waals surface area contributed by atoms with Crippen LogP contribution in [0.15, 0.2) is 55.0 Å². The highest BCUT2D eigenvalue weighted by atomic mass is 16.5. The normalized spacial score (nSPS) is 10.4. The molecule has 0 radical (unpaired) electrons. The van der Waals surface area contributed by atoms with E-state index in [-0.39, 0.29) is 12.5 Å². The predicted octanol–water partition coefficient (Wildman–Crippen LogP) is 2.90. The highest BCUT2D eigenvalue weighted by molar-refractivity contribution is 5.91. The number of ether oxygens (including phenoxy) is 1. The van der Waals surface area contributed by atoms with Gasteiger partial charge >= 0.3 is 0 Å². The Bertz CT molecular complexity index is 840. The van der Waals surface area contributed by atoms with Crippen molar-refractivity contribution in [1.82, 2.24) is 14.5 Å². The quantitative estimate of drug-likeness (QED) is 0.784. The predicted molar refractivity (Wildman–Crippen MR) is 91.4 cm³/mol. The molecule has 0 aliphatic carbocycles. The molecule has 3 aromatic rings. The summed E-state index contributed by atoms with van der Waals surface area (Å²) in [6.45, 7) is 3.79. The van der Waals surface area contributed by atoms with Crippen molar-refractivity contribution in [3.8, 4) is 11.6 Å². The lowest BCUT2D eigenvalue weighted by atomic mass is 10.2. The molecule has 2 heterocycles. The van der Waals surface area contributed by atoms with Crippen LogP contribution in [0.5, 0.6) is 5.75 Å². The maximum Gasteiger partial charge on any atom is 0.262 e. The van der Waals surface area contributed by atoms with Gasteiger partial charge in [-0.15, -0.1) is 0 Å². The van der Waals surface area contributed by atoms with E-state index >= 15 is 0 Å². The number of nitrogens with one attached hydrogen (secondary N) is 1. The van der Waals surface area contributed by atoms with Crippen molar-refractivity contribution in [2.75, 3.05) is 11.9 Å². The lowest BCUT2D eigenvalue weighted by molar-refractivity contribution is -0.118. The molecule has 0 atom stereocenters. The van der Waals surface area contributed by atoms with E-state index in [9.17, 15) is 4.79 Å². The number of carbonyl (C=O) groups excluding carboxylic acids is 1. The molecule has 0 spiro atoms. The molecular formula is C18H18N4O2. The van der Waals surface area contributed by atoms with Gasteiger partial charge in [0, 0.05) is 12.4 Å². The van der Waals surface area contributed by atoms with Crippen LogP contribution in [0.25, 0.3) is 5.82 Å². The van der Waals surface area contributed by atoms with E-state index < -0.39 is 0 Å². The fourth-order valence-electron chi connectivity index (χ4n) is 2.28. The summed E-state index contributed by atoms with van der Waals surface area (Å²) >= 11 is 0. The van der Waals surface area contributed by atoms with Gasteiger partial charge < -0.3 is 10.1 Å². The average Bonchev–Trinajstić information content (AvgIpc) is 3.01. The molecule has 24 heavy (non-hydrogen) atoms. The molecule has 6 nitrogen and oxygen atoms in total. The van der Waals surface area contributed by atoms with E-state index in [1.54, 1.807) is 18.5 Å². The van der Waals surface area contributed by atoms with Crippen molar-refractivity contribution in [2.45, 2.75) is 13.8 Å². The van der Waals surface area contributed by atoms with E-state index in [0.717, 1.165) is 17.2 Å². The van der Waals surface area contributed by atoms with Crippen LogP contribution in [-0.4, -0.2) is 27.0 Å². The van der Waals surface area contributed by atoms with E-state index in [1.165, 1.54) is 0 Å². The standard InChI is InChI=1S/C18H18N4O2/c1-13-5-3-4-6-16(13)24-12-18(23)21-15-7-8-17(20-11-15)22-10-9-19-14(22)2/h3-11H,12H2,1-2H3,(H,21,23). The zero-order chi connectivity index (χ0) is 16.9. The molecule has 1 aromatic carbocycles. The molecule has 0 aliphatic rings. The first-order valence-electron chi connectivity index (χ1n) is 7.58. The van der Waals surface area contributed by atoms with Crippen LogP contribution in [0.4, 0.5) is 5.69 Å². The van der Waals surface area contributed by atoms with Crippen LogP contribution in [0.1, 0.15) is 11.4 Å². The van der Waals surface area contributed by atoms with Crippen LogP contribution < -0.4 is 10.1 Å². The number of amides is 1. The second kappa shape index (κ2) is 6.95. The molecule has 0 unspecified atom stereocenters. The highest BCUT2D eigenvalue weighted by Crippen LogP contribution is 2.16. The molecule has 6 heteroatoms. The monoisotopic (exact) mass is 322 g/mol. The fraction of sp³-hybridized carbons (Fsp3) is 0.167. The maximum atomic E-state index is 12.0. The van der Waals surface area contributed by atoms with Gasteiger partial charge in [-0.3, -0.25) is 9.36 Å². The minimum absolute atomic E-state index is 0.0484. The second-order valence-corrected chi connectivity index (χ2v) is 5.35. The number of carbonyl (C=O) groups is 1. The van der Waals surface area contributed by atoms with Crippen molar-refractivity contribution in [1.29, 1.82) is 0 Å². The third-order valence-electron chi connectivity index (χ3n) is 3.56. The first-order valence-corrected chi connectivity index (χ1v) is 7.58. The molecule has 122 valence electrons. The van der Waals surface area contributed by atoms with E-state index in [4.69, 9.17) is 4.74 Å². The first-order chi connectivity index (χ1) is 11.6. The Kier molecular flexibility index (Phi) is 4.56. The molecule has 2 aromatic heterocycles. The van der Waals surface area contributed by atoms with Crippen LogP contribution in [-0.2, 0) is 4.79 Å². The molecule has 0 fully saturated rings. The van der Waals surface area contributed by atoms with Gasteiger partial charge in [0.25, 0.3) is 5.91 Å². The van der Waals surface area contributed by atoms with Gasteiger partial charge in [0.05, 0.1) is 11.9 Å². The summed E-state index contributed by atoms with van der Waals surface area (Å²) in [5.74, 6) is 2.08. The van der Waals surface area contributed by atoms with Crippen LogP contribution in [0.3, 0.4) is 0 Å². The number of anilines is 1. The number of aromatic nitrogens is 3. The molecule has 0 saturated heterocycles. The zero-order valence-electron chi connectivity index (χ0n) is 13.6. The van der Waals surface area contributed by atoms with Crippen molar-refractivity contribution in [3.63, 3.8) is 0 Å². The number of imidazole rings is 1. The molecule has 1 amide bonds. The number of hydrogen-bond donors (Lipinski definition) is 1. The minimum Gasteiger partial charge on any atom is -0.483 e. The number of aryl methyl sites for hydroxylation is 2. The van der Waals surface area contributed by atoms with Gasteiger partial charge in [-0.2, -0.15) is 0 Å². The Morgan fingerprint density at radius 3 is 2.67 bits per heavy atom. The highest BCUT2D eigenvalue weighted by Gasteiger charge is 2.07. The summed E-state index contributed by atoms with van der Waals surface area (Å²) in [5, 5.41) is 2.77. The second-order valence-electron chi connectivity index (χ2n) is 5.35. The fourth-order valence-corrected chi connectivity index (χ4v) is 2.28. The summed E-state index contributed by atoms with van der Waals surface area (Å²) in [4.78, 5) is 20.5. The SMILES string of the molecule is Cc1ccccc1OCC(=O)Nc1ccc(-n2ccnc2C)nc1. The average molecular weight is 322 g/mol. The third-order valence-corrected chi connectivity index (χ3v) is 3.56. The summed E-state index contributed by atoms with van der Waals surface area (Å²) in [7, 11) is 0. The summed E-state index contributed by atoms with van der Waals surface area (Å²) < 4.78 is 7.39. The van der Waals surface area contributed by atoms with E-state index in [0.29, 0.717) is 11.4 Å². The van der Waals surface area contributed by atoms with E-state index in [1.807, 2.05) is 54.9 Å². The Balaban J connectivity index is 1.59. The van der Waals surface area contributed by atoms with Crippen molar-refractivity contribution in [2.24, 2.45) is 0 Å². The largest absolute Gasteiger partial charge is 0.483 e. The first kappa shape index (κ1) is 15.7. The van der Waals surface area contributed by atoms with Gasteiger partial charge in [0.15, 0.2) is 6.61 Å². The summed E-state index contributed by atoms with van der Waals surface area (Å²) in [6.07, 6.45) is 5.17. The third kappa shape index (κ3) is 3.60. The molecule has 0 aliphatic heterocycles. The van der Waals surface area contributed by atoms with Crippen LogP contribution in [0, 0.1) is 13.8 Å². The van der Waals surface area contributed by atoms with Crippen molar-refractivity contribution in [3.05, 3.63) is 66.4 Å². The Hall–Kier alpha value is -3.15. The molecule has 3 rings (SSSR count). The summed E-state index contributed by atoms with van der Waals surface area (Å²) in [6, 6.07) is 11.2. The number of benzene rings is 1. The topological polar surface area (TPSA) is 69.0 Å². The Morgan fingerprint density at radius 2 is 2.00 bits per heavy atom. The number of pyridine rings is 1. The number of rotatable bonds is 5. The van der Waals surface area contributed by atoms with Crippen molar-refractivity contribution < 1.29 is 9.53 Å². The van der Waals surface area contributed by atoms with Gasteiger partial charge in [-0.25, -0.2) is 9.97 Å². The van der Waals surface area contributed by atoms with Gasteiger partial charge in [-0.05, 0) is 37.6 Å². The molecule has 1 N–H and O–H groups in total. The molecular weight excluding hydrogens is 304 g/mol. The number of nitrogens with zero attached hydrogens (tertiary/aromatic N) is 3. The van der Waals surface area contributed by atoms with Crippen molar-refractivity contribution >= 4 is 11.6 Å². The van der Waals surface area contributed by atoms with E-state index in [2.05, 4.69) is 15.3 Å². The summed E-state index contributed by atoms with van der Waals surface area (Å²) in [5.41, 5.74) is 1.61. The minimum atomic E-state index is -0.230. The van der Waals surface area contributed by atoms with Crippen LogP contribution in [0.2, 0.25) is 0 Å². The lowest BCUT2D eigenvalue weighted by Gasteiger charge is -2.10. The Labute approximate surface area is 140 Å². The maximum absolute atomic E-state index is 12.0. The number of hydrogen-bond acceptors (Lipinski definition) is 4. The van der Waals surface area contributed by atoms with Gasteiger partial charge in [0.2, 0.25) is 0 Å². The lowest BCUT2D eigenvalue weighted by Crippen LogP contribution is -2.20. The van der Waals surface area contributed by atoms with Crippen LogP contribution >= 0.6 is 0 Å². The molecule has 0 saturated carbocycles. The van der Waals surface area contributed by atoms with Gasteiger partial charge in [-0.1, -0.05) is 18.2 Å². The smallest absolute Gasteiger partial charge is 0.262 e. The van der Waals surface area contributed by atoms with Gasteiger partial charge in [0.1, 0.15) is 17.4 Å². The zero-order valence-corrected chi connectivity index (χ0v) is 13.6. The molecule has 0 bridgehead atoms. The Morgan fingerprint density at radius 1 is 1.17 bits per heavy atom. The number of para-hydroxylation sites is 1.